The fourth-order valence-electron chi connectivity index (χ4n) is 2.25. The van der Waals surface area contributed by atoms with E-state index in [0.29, 0.717) is 11.3 Å². The topological polar surface area (TPSA) is 57.6 Å². The first-order valence-electron chi connectivity index (χ1n) is 7.75. The van der Waals surface area contributed by atoms with Crippen LogP contribution in [-0.4, -0.2) is 29.7 Å². The molecule has 0 aliphatic rings. The number of nitrogens with one attached hydrogen (secondary N) is 1. The Kier molecular flexibility index (Phi) is 5.86. The summed E-state index contributed by atoms with van der Waals surface area (Å²) < 4.78 is 0. The maximum absolute atomic E-state index is 12.2. The number of rotatable bonds is 6. The van der Waals surface area contributed by atoms with E-state index in [0.717, 1.165) is 24.3 Å². The summed E-state index contributed by atoms with van der Waals surface area (Å²) in [5.41, 5.74) is 5.87. The molecule has 5 nitrogen and oxygen atoms in total. The lowest BCUT2D eigenvalue weighted by atomic mass is 10.2. The number of aromatic nitrogens is 1. The van der Waals surface area contributed by atoms with E-state index >= 15 is 0 Å². The average Bonchev–Trinajstić information content (AvgIpc) is 2.61. The highest BCUT2D eigenvalue weighted by atomic mass is 16.2. The molecular weight excluding hydrogens is 288 g/mol. The molecule has 0 unspecified atom stereocenters. The molecule has 1 aromatic heterocycles. The van der Waals surface area contributed by atoms with Crippen LogP contribution in [0.25, 0.3) is 0 Å². The summed E-state index contributed by atoms with van der Waals surface area (Å²) in [5, 5.41) is 4.13. The highest BCUT2D eigenvalue weighted by molar-refractivity contribution is 6.00. The number of carbonyl (C=O) groups excluding carboxylic acids is 1. The lowest BCUT2D eigenvalue weighted by Crippen LogP contribution is -2.22. The van der Waals surface area contributed by atoms with Crippen molar-refractivity contribution in [2.75, 3.05) is 18.0 Å². The summed E-state index contributed by atoms with van der Waals surface area (Å²) >= 11 is 0. The van der Waals surface area contributed by atoms with Gasteiger partial charge in [0.2, 0.25) is 0 Å². The average molecular weight is 310 g/mol. The second-order valence-electron chi connectivity index (χ2n) is 5.10. The Morgan fingerprint density at radius 2 is 1.83 bits per heavy atom. The van der Waals surface area contributed by atoms with Crippen molar-refractivity contribution in [3.63, 3.8) is 0 Å². The largest absolute Gasteiger partial charge is 0.372 e. The number of hydrazone groups is 1. The number of amides is 1. The fraction of sp³-hybridized carbons (Fsp3) is 0.278. The van der Waals surface area contributed by atoms with E-state index in [-0.39, 0.29) is 5.91 Å². The smallest absolute Gasteiger partial charge is 0.271 e. The molecule has 1 aromatic carbocycles. The Bertz CT molecular complexity index is 661. The summed E-state index contributed by atoms with van der Waals surface area (Å²) in [6, 6.07) is 11.3. The zero-order valence-corrected chi connectivity index (χ0v) is 13.8. The predicted molar refractivity (Wildman–Crippen MR) is 93.9 cm³/mol. The van der Waals surface area contributed by atoms with Gasteiger partial charge in [0.15, 0.2) is 0 Å². The standard InChI is InChI=1S/C18H22N4O/c1-4-22(5-2)17-10-8-15(9-11-17)18(23)21-20-14(3)16-7-6-12-19-13-16/h6-13H,4-5H2,1-3H3,(H,21,23)/b20-14-. The summed E-state index contributed by atoms with van der Waals surface area (Å²) in [4.78, 5) is 18.4. The van der Waals surface area contributed by atoms with Crippen LogP contribution in [0, 0.1) is 0 Å². The molecule has 1 amide bonds. The van der Waals surface area contributed by atoms with Crippen molar-refractivity contribution < 1.29 is 4.79 Å². The van der Waals surface area contributed by atoms with Crippen LogP contribution in [0.5, 0.6) is 0 Å². The molecule has 0 atom stereocenters. The minimum Gasteiger partial charge on any atom is -0.372 e. The van der Waals surface area contributed by atoms with Gasteiger partial charge < -0.3 is 4.90 Å². The Morgan fingerprint density at radius 1 is 1.13 bits per heavy atom. The van der Waals surface area contributed by atoms with Crippen LogP contribution in [0.4, 0.5) is 5.69 Å². The maximum atomic E-state index is 12.2. The highest BCUT2D eigenvalue weighted by Crippen LogP contribution is 2.14. The normalized spacial score (nSPS) is 11.2. The van der Waals surface area contributed by atoms with E-state index in [1.165, 1.54) is 0 Å². The molecule has 1 N–H and O–H groups in total. The van der Waals surface area contributed by atoms with E-state index in [2.05, 4.69) is 34.3 Å². The molecule has 0 bridgehead atoms. The van der Waals surface area contributed by atoms with Crippen LogP contribution in [0.15, 0.2) is 53.9 Å². The molecule has 2 rings (SSSR count). The van der Waals surface area contributed by atoms with E-state index in [4.69, 9.17) is 0 Å². The van der Waals surface area contributed by atoms with Crippen molar-refractivity contribution in [3.8, 4) is 0 Å². The lowest BCUT2D eigenvalue weighted by Gasteiger charge is -2.20. The Balaban J connectivity index is 2.03. The quantitative estimate of drug-likeness (QED) is 0.659. The second-order valence-corrected chi connectivity index (χ2v) is 5.10. The maximum Gasteiger partial charge on any atom is 0.271 e. The van der Waals surface area contributed by atoms with Gasteiger partial charge in [-0.05, 0) is 51.1 Å². The molecule has 0 aliphatic heterocycles. The number of carbonyl (C=O) groups is 1. The number of benzene rings is 1. The monoisotopic (exact) mass is 310 g/mol. The van der Waals surface area contributed by atoms with Gasteiger partial charge in [-0.15, -0.1) is 0 Å². The van der Waals surface area contributed by atoms with Gasteiger partial charge in [0, 0.05) is 42.3 Å². The number of hydrogen-bond acceptors (Lipinski definition) is 4. The molecule has 0 aliphatic carbocycles. The molecule has 5 heteroatoms. The van der Waals surface area contributed by atoms with Gasteiger partial charge in [-0.25, -0.2) is 5.43 Å². The first kappa shape index (κ1) is 16.7. The predicted octanol–water partition coefficient (Wildman–Crippen LogP) is 3.08. The highest BCUT2D eigenvalue weighted by Gasteiger charge is 2.07. The van der Waals surface area contributed by atoms with Crippen molar-refractivity contribution in [2.45, 2.75) is 20.8 Å². The van der Waals surface area contributed by atoms with Gasteiger partial charge in [0.1, 0.15) is 0 Å². The third kappa shape index (κ3) is 4.39. The SMILES string of the molecule is CCN(CC)c1ccc(C(=O)N/N=C(/C)c2cccnc2)cc1. The molecule has 0 fully saturated rings. The van der Waals surface area contributed by atoms with E-state index < -0.39 is 0 Å². The van der Waals surface area contributed by atoms with Gasteiger partial charge in [0.25, 0.3) is 5.91 Å². The number of pyridine rings is 1. The fourth-order valence-corrected chi connectivity index (χ4v) is 2.25. The number of nitrogens with zero attached hydrogens (tertiary/aromatic N) is 3. The minimum atomic E-state index is -0.223. The van der Waals surface area contributed by atoms with Gasteiger partial charge in [-0.2, -0.15) is 5.10 Å². The van der Waals surface area contributed by atoms with Gasteiger partial charge in [-0.3, -0.25) is 9.78 Å². The van der Waals surface area contributed by atoms with E-state index in [1.54, 1.807) is 12.4 Å². The summed E-state index contributed by atoms with van der Waals surface area (Å²) in [7, 11) is 0. The van der Waals surface area contributed by atoms with Crippen LogP contribution in [0.3, 0.4) is 0 Å². The number of anilines is 1. The third-order valence-electron chi connectivity index (χ3n) is 3.66. The number of hydrogen-bond donors (Lipinski definition) is 1. The molecule has 2 aromatic rings. The summed E-state index contributed by atoms with van der Waals surface area (Å²) in [5.74, 6) is -0.223. The third-order valence-corrected chi connectivity index (χ3v) is 3.66. The van der Waals surface area contributed by atoms with Crippen molar-refractivity contribution in [3.05, 3.63) is 59.9 Å². The first-order chi connectivity index (χ1) is 11.2. The molecule has 0 saturated heterocycles. The summed E-state index contributed by atoms with van der Waals surface area (Å²) in [6.07, 6.45) is 3.41. The Morgan fingerprint density at radius 3 is 2.39 bits per heavy atom. The van der Waals surface area contributed by atoms with Crippen LogP contribution in [0.2, 0.25) is 0 Å². The van der Waals surface area contributed by atoms with Crippen molar-refractivity contribution in [1.29, 1.82) is 0 Å². The van der Waals surface area contributed by atoms with Crippen LogP contribution in [-0.2, 0) is 0 Å². The van der Waals surface area contributed by atoms with Gasteiger partial charge >= 0.3 is 0 Å². The van der Waals surface area contributed by atoms with E-state index in [1.807, 2.05) is 43.3 Å². The van der Waals surface area contributed by atoms with Gasteiger partial charge in [0.05, 0.1) is 5.71 Å². The molecular formula is C18H22N4O. The Hall–Kier alpha value is -2.69. The molecule has 1 heterocycles. The van der Waals surface area contributed by atoms with Crippen LogP contribution >= 0.6 is 0 Å². The molecule has 23 heavy (non-hydrogen) atoms. The van der Waals surface area contributed by atoms with Crippen molar-refractivity contribution >= 4 is 17.3 Å². The van der Waals surface area contributed by atoms with Crippen molar-refractivity contribution in [1.82, 2.24) is 10.4 Å². The van der Waals surface area contributed by atoms with Gasteiger partial charge in [-0.1, -0.05) is 6.07 Å². The Labute approximate surface area is 137 Å². The van der Waals surface area contributed by atoms with E-state index in [9.17, 15) is 4.79 Å². The van der Waals surface area contributed by atoms with Crippen molar-refractivity contribution in [2.24, 2.45) is 5.10 Å². The first-order valence-corrected chi connectivity index (χ1v) is 7.75. The molecule has 0 spiro atoms. The zero-order chi connectivity index (χ0) is 16.7. The molecule has 0 saturated carbocycles. The molecule has 0 radical (unpaired) electrons. The summed E-state index contributed by atoms with van der Waals surface area (Å²) in [6.45, 7) is 7.94. The lowest BCUT2D eigenvalue weighted by molar-refractivity contribution is 0.0955. The van der Waals surface area contributed by atoms with Crippen LogP contribution in [0.1, 0.15) is 36.7 Å². The zero-order valence-electron chi connectivity index (χ0n) is 13.8. The second kappa shape index (κ2) is 8.08. The van der Waals surface area contributed by atoms with Crippen LogP contribution < -0.4 is 10.3 Å². The minimum absolute atomic E-state index is 0.223. The molecule has 120 valence electrons.